The molecule has 0 saturated carbocycles. The molecule has 1 aliphatic rings. The highest BCUT2D eigenvalue weighted by atomic mass is 16.4. The molecule has 1 amide bonds. The lowest BCUT2D eigenvalue weighted by atomic mass is 10.2. The number of aromatic nitrogens is 2. The van der Waals surface area contributed by atoms with Crippen LogP contribution >= 0.6 is 0 Å². The van der Waals surface area contributed by atoms with Crippen LogP contribution in [0, 0.1) is 0 Å². The Labute approximate surface area is 103 Å². The van der Waals surface area contributed by atoms with Crippen molar-refractivity contribution in [3.63, 3.8) is 0 Å². The number of hydrogen-bond acceptors (Lipinski definition) is 4. The molecule has 1 atom stereocenters. The van der Waals surface area contributed by atoms with Crippen molar-refractivity contribution in [2.24, 2.45) is 7.05 Å². The second-order valence-electron chi connectivity index (χ2n) is 4.18. The van der Waals surface area contributed by atoms with E-state index in [4.69, 9.17) is 5.11 Å². The first-order valence-corrected chi connectivity index (χ1v) is 5.59. The molecule has 2 heterocycles. The Hall–Kier alpha value is -2.18. The molecule has 1 fully saturated rings. The molecule has 0 bridgehead atoms. The van der Waals surface area contributed by atoms with Gasteiger partial charge in [0.25, 0.3) is 11.5 Å². The first-order chi connectivity index (χ1) is 8.50. The van der Waals surface area contributed by atoms with E-state index in [0.717, 1.165) is 4.68 Å². The van der Waals surface area contributed by atoms with Crippen molar-refractivity contribution in [2.45, 2.75) is 18.9 Å². The van der Waals surface area contributed by atoms with E-state index in [-0.39, 0.29) is 11.3 Å². The van der Waals surface area contributed by atoms with E-state index >= 15 is 0 Å². The lowest BCUT2D eigenvalue weighted by Gasteiger charge is -2.20. The highest BCUT2D eigenvalue weighted by molar-refractivity contribution is 5.95. The van der Waals surface area contributed by atoms with Crippen LogP contribution in [0.2, 0.25) is 0 Å². The molecular weight excluding hydrogens is 238 g/mol. The van der Waals surface area contributed by atoms with Crippen LogP contribution in [0.1, 0.15) is 23.3 Å². The van der Waals surface area contributed by atoms with Gasteiger partial charge in [-0.05, 0) is 18.9 Å². The first-order valence-electron chi connectivity index (χ1n) is 5.59. The third-order valence-electron chi connectivity index (χ3n) is 2.98. The monoisotopic (exact) mass is 251 g/mol. The molecule has 0 spiro atoms. The first kappa shape index (κ1) is 12.3. The number of rotatable bonds is 2. The van der Waals surface area contributed by atoms with Crippen molar-refractivity contribution in [3.8, 4) is 0 Å². The molecule has 7 nitrogen and oxygen atoms in total. The van der Waals surface area contributed by atoms with Gasteiger partial charge >= 0.3 is 5.97 Å². The van der Waals surface area contributed by atoms with E-state index in [0.29, 0.717) is 19.4 Å². The Balaban J connectivity index is 2.28. The predicted molar refractivity (Wildman–Crippen MR) is 61.2 cm³/mol. The van der Waals surface area contributed by atoms with Gasteiger partial charge in [-0.3, -0.25) is 9.59 Å². The normalized spacial score (nSPS) is 18.9. The molecule has 7 heteroatoms. The second kappa shape index (κ2) is 4.59. The zero-order valence-electron chi connectivity index (χ0n) is 9.87. The zero-order chi connectivity index (χ0) is 13.3. The Morgan fingerprint density at radius 3 is 2.78 bits per heavy atom. The number of aryl methyl sites for hydroxylation is 1. The van der Waals surface area contributed by atoms with Crippen LogP contribution in [-0.4, -0.2) is 44.3 Å². The molecule has 1 aromatic rings. The maximum atomic E-state index is 12.1. The average Bonchev–Trinajstić information content (AvgIpc) is 2.81. The van der Waals surface area contributed by atoms with Gasteiger partial charge in [-0.2, -0.15) is 5.10 Å². The lowest BCUT2D eigenvalue weighted by molar-refractivity contribution is -0.141. The minimum Gasteiger partial charge on any atom is -0.480 e. The summed E-state index contributed by atoms with van der Waals surface area (Å²) in [5, 5.41) is 12.8. The van der Waals surface area contributed by atoms with Crippen LogP contribution in [0.3, 0.4) is 0 Å². The number of carbonyl (C=O) groups is 2. The summed E-state index contributed by atoms with van der Waals surface area (Å²) in [6.07, 6.45) is 1.11. The minimum absolute atomic E-state index is 0.0882. The Bertz CT molecular complexity index is 551. The highest BCUT2D eigenvalue weighted by Crippen LogP contribution is 2.19. The molecule has 0 aliphatic carbocycles. The molecule has 1 N–H and O–H groups in total. The third-order valence-corrected chi connectivity index (χ3v) is 2.98. The van der Waals surface area contributed by atoms with E-state index in [1.165, 1.54) is 24.1 Å². The van der Waals surface area contributed by atoms with Crippen molar-refractivity contribution >= 4 is 11.9 Å². The minimum atomic E-state index is -1.01. The topological polar surface area (TPSA) is 92.5 Å². The number of amides is 1. The number of carbonyl (C=O) groups excluding carboxylic acids is 1. The summed E-state index contributed by atoms with van der Waals surface area (Å²) in [5.74, 6) is -1.46. The number of carboxylic acid groups (broad SMARTS) is 1. The fourth-order valence-electron chi connectivity index (χ4n) is 2.03. The Kier molecular flexibility index (Phi) is 3.14. The van der Waals surface area contributed by atoms with Gasteiger partial charge in [-0.1, -0.05) is 0 Å². The summed E-state index contributed by atoms with van der Waals surface area (Å²) in [6.45, 7) is 0.403. The summed E-state index contributed by atoms with van der Waals surface area (Å²) in [6, 6.07) is 1.77. The molecule has 0 radical (unpaired) electrons. The van der Waals surface area contributed by atoms with Crippen LogP contribution in [-0.2, 0) is 11.8 Å². The summed E-state index contributed by atoms with van der Waals surface area (Å²) >= 11 is 0. The smallest absolute Gasteiger partial charge is 0.326 e. The number of carboxylic acids is 1. The Morgan fingerprint density at radius 1 is 1.44 bits per heavy atom. The molecule has 1 saturated heterocycles. The third kappa shape index (κ3) is 2.11. The van der Waals surface area contributed by atoms with Crippen LogP contribution in [0.25, 0.3) is 0 Å². The molecule has 0 aromatic carbocycles. The molecule has 1 aromatic heterocycles. The maximum Gasteiger partial charge on any atom is 0.326 e. The molecule has 96 valence electrons. The second-order valence-corrected chi connectivity index (χ2v) is 4.18. The Morgan fingerprint density at radius 2 is 2.17 bits per heavy atom. The summed E-state index contributed by atoms with van der Waals surface area (Å²) in [5.41, 5.74) is -0.229. The fourth-order valence-corrected chi connectivity index (χ4v) is 2.03. The summed E-state index contributed by atoms with van der Waals surface area (Å²) < 4.78 is 1.05. The standard InChI is InChI=1S/C11H13N3O4/c1-13-9(15)5-4-7(12-13)10(16)14-6-2-3-8(14)11(17)18/h4-5,8H,2-3,6H2,1H3,(H,17,18)/t8-/m1/s1. The quantitative estimate of drug-likeness (QED) is 0.762. The van der Waals surface area contributed by atoms with Crippen molar-refractivity contribution in [3.05, 3.63) is 28.2 Å². The van der Waals surface area contributed by atoms with Gasteiger partial charge in [0.15, 0.2) is 0 Å². The van der Waals surface area contributed by atoms with Crippen LogP contribution in [0.15, 0.2) is 16.9 Å². The molecule has 0 unspecified atom stereocenters. The average molecular weight is 251 g/mol. The zero-order valence-corrected chi connectivity index (χ0v) is 9.87. The fraction of sp³-hybridized carbons (Fsp3) is 0.455. The molecule has 1 aliphatic heterocycles. The summed E-state index contributed by atoms with van der Waals surface area (Å²) in [7, 11) is 1.44. The van der Waals surface area contributed by atoms with Crippen molar-refractivity contribution in [1.82, 2.24) is 14.7 Å². The van der Waals surface area contributed by atoms with E-state index in [9.17, 15) is 14.4 Å². The van der Waals surface area contributed by atoms with Gasteiger partial charge in [0.1, 0.15) is 11.7 Å². The van der Waals surface area contributed by atoms with Crippen LogP contribution in [0.5, 0.6) is 0 Å². The number of nitrogens with zero attached hydrogens (tertiary/aromatic N) is 3. The van der Waals surface area contributed by atoms with E-state index < -0.39 is 17.9 Å². The van der Waals surface area contributed by atoms with Crippen LogP contribution < -0.4 is 5.56 Å². The van der Waals surface area contributed by atoms with E-state index in [2.05, 4.69) is 5.10 Å². The van der Waals surface area contributed by atoms with E-state index in [1.807, 2.05) is 0 Å². The van der Waals surface area contributed by atoms with Gasteiger partial charge in [-0.25, -0.2) is 9.48 Å². The molecule has 18 heavy (non-hydrogen) atoms. The highest BCUT2D eigenvalue weighted by Gasteiger charge is 2.35. The van der Waals surface area contributed by atoms with Crippen LogP contribution in [0.4, 0.5) is 0 Å². The van der Waals surface area contributed by atoms with Crippen molar-refractivity contribution in [1.29, 1.82) is 0 Å². The number of aliphatic carboxylic acids is 1. The van der Waals surface area contributed by atoms with Crippen molar-refractivity contribution < 1.29 is 14.7 Å². The molecular formula is C11H13N3O4. The van der Waals surface area contributed by atoms with Gasteiger partial charge in [0.2, 0.25) is 0 Å². The maximum absolute atomic E-state index is 12.1. The van der Waals surface area contributed by atoms with Gasteiger partial charge in [0.05, 0.1) is 0 Å². The lowest BCUT2D eigenvalue weighted by Crippen LogP contribution is -2.41. The van der Waals surface area contributed by atoms with Crippen molar-refractivity contribution in [2.75, 3.05) is 6.54 Å². The van der Waals surface area contributed by atoms with E-state index in [1.54, 1.807) is 0 Å². The van der Waals surface area contributed by atoms with Gasteiger partial charge in [-0.15, -0.1) is 0 Å². The predicted octanol–water partition coefficient (Wildman–Crippen LogP) is -0.531. The molecule has 2 rings (SSSR count). The van der Waals surface area contributed by atoms with Gasteiger partial charge in [0, 0.05) is 19.7 Å². The SMILES string of the molecule is Cn1nc(C(=O)N2CCC[C@@H]2C(=O)O)ccc1=O. The van der Waals surface area contributed by atoms with Gasteiger partial charge < -0.3 is 10.0 Å². The summed E-state index contributed by atoms with van der Waals surface area (Å²) in [4.78, 5) is 35.6. The largest absolute Gasteiger partial charge is 0.480 e. The number of hydrogen-bond donors (Lipinski definition) is 1. The number of likely N-dealkylation sites (tertiary alicyclic amines) is 1.